The lowest BCUT2D eigenvalue weighted by Crippen LogP contribution is -2.39. The van der Waals surface area contributed by atoms with Crippen molar-refractivity contribution in [3.63, 3.8) is 0 Å². The standard InChI is InChI=1S/C11H11BrFNO3/c1-6(11(16)17)14-10(15)5-7-2-3-8(12)9(13)4-7/h2-4,6H,5H2,1H3,(H,14,15)(H,16,17). The number of benzene rings is 1. The van der Waals surface area contributed by atoms with E-state index in [0.717, 1.165) is 0 Å². The van der Waals surface area contributed by atoms with E-state index >= 15 is 0 Å². The van der Waals surface area contributed by atoms with Crippen molar-refractivity contribution in [1.29, 1.82) is 0 Å². The lowest BCUT2D eigenvalue weighted by molar-refractivity contribution is -0.141. The molecule has 0 aromatic heterocycles. The highest BCUT2D eigenvalue weighted by molar-refractivity contribution is 9.10. The average molecular weight is 304 g/mol. The first-order valence-corrected chi connectivity index (χ1v) is 5.65. The molecule has 0 spiro atoms. The Kier molecular flexibility index (Phi) is 4.62. The Labute approximate surface area is 106 Å². The van der Waals surface area contributed by atoms with Crippen molar-refractivity contribution in [3.8, 4) is 0 Å². The normalized spacial score (nSPS) is 11.9. The molecule has 17 heavy (non-hydrogen) atoms. The monoisotopic (exact) mass is 303 g/mol. The van der Waals surface area contributed by atoms with Gasteiger partial charge in [-0.2, -0.15) is 0 Å². The molecule has 0 aliphatic heterocycles. The number of aliphatic carboxylic acids is 1. The molecular weight excluding hydrogens is 293 g/mol. The Balaban J connectivity index is 2.62. The van der Waals surface area contributed by atoms with Gasteiger partial charge < -0.3 is 10.4 Å². The lowest BCUT2D eigenvalue weighted by Gasteiger charge is -2.09. The Morgan fingerprint density at radius 1 is 1.53 bits per heavy atom. The average Bonchev–Trinajstić information content (AvgIpc) is 2.23. The molecular formula is C11H11BrFNO3. The molecule has 1 rings (SSSR count). The summed E-state index contributed by atoms with van der Waals surface area (Å²) in [5, 5.41) is 10.9. The maximum absolute atomic E-state index is 13.1. The SMILES string of the molecule is CC(NC(=O)Cc1ccc(Br)c(F)c1)C(=O)O. The van der Waals surface area contributed by atoms with Crippen molar-refractivity contribution in [2.75, 3.05) is 0 Å². The van der Waals surface area contributed by atoms with Gasteiger partial charge in [0.2, 0.25) is 5.91 Å². The van der Waals surface area contributed by atoms with Crippen LogP contribution in [0.15, 0.2) is 22.7 Å². The number of rotatable bonds is 4. The van der Waals surface area contributed by atoms with E-state index in [1.165, 1.54) is 19.1 Å². The molecule has 0 aliphatic carbocycles. The first kappa shape index (κ1) is 13.6. The smallest absolute Gasteiger partial charge is 0.325 e. The molecule has 0 fully saturated rings. The third-order valence-electron chi connectivity index (χ3n) is 2.10. The molecule has 1 unspecified atom stereocenters. The second kappa shape index (κ2) is 5.77. The number of carbonyl (C=O) groups is 2. The van der Waals surface area contributed by atoms with Crippen LogP contribution in [0.3, 0.4) is 0 Å². The third kappa shape index (κ3) is 4.14. The largest absolute Gasteiger partial charge is 0.480 e. The fourth-order valence-corrected chi connectivity index (χ4v) is 1.44. The zero-order valence-electron chi connectivity index (χ0n) is 9.04. The van der Waals surface area contributed by atoms with Crippen LogP contribution in [-0.4, -0.2) is 23.0 Å². The molecule has 0 radical (unpaired) electrons. The fraction of sp³-hybridized carbons (Fsp3) is 0.273. The number of hydrogen-bond donors (Lipinski definition) is 2. The van der Waals surface area contributed by atoms with Gasteiger partial charge in [0.25, 0.3) is 0 Å². The van der Waals surface area contributed by atoms with Crippen molar-refractivity contribution < 1.29 is 19.1 Å². The number of carbonyl (C=O) groups excluding carboxylic acids is 1. The van der Waals surface area contributed by atoms with Gasteiger partial charge in [-0.15, -0.1) is 0 Å². The summed E-state index contributed by atoms with van der Waals surface area (Å²) in [6, 6.07) is 3.37. The van der Waals surface area contributed by atoms with E-state index in [1.54, 1.807) is 6.07 Å². The van der Waals surface area contributed by atoms with E-state index in [4.69, 9.17) is 5.11 Å². The highest BCUT2D eigenvalue weighted by Gasteiger charge is 2.14. The van der Waals surface area contributed by atoms with Crippen molar-refractivity contribution in [2.24, 2.45) is 0 Å². The predicted octanol–water partition coefficient (Wildman–Crippen LogP) is 1.72. The number of hydrogen-bond acceptors (Lipinski definition) is 2. The Bertz CT molecular complexity index is 450. The topological polar surface area (TPSA) is 66.4 Å². The third-order valence-corrected chi connectivity index (χ3v) is 2.74. The van der Waals surface area contributed by atoms with Gasteiger partial charge in [0, 0.05) is 0 Å². The van der Waals surface area contributed by atoms with Crippen LogP contribution in [0.4, 0.5) is 4.39 Å². The van der Waals surface area contributed by atoms with Crippen LogP contribution in [0, 0.1) is 5.82 Å². The van der Waals surface area contributed by atoms with Crippen LogP contribution in [0.1, 0.15) is 12.5 Å². The summed E-state index contributed by atoms with van der Waals surface area (Å²) in [5.74, 6) is -2.02. The molecule has 0 saturated heterocycles. The van der Waals surface area contributed by atoms with Crippen LogP contribution in [0.25, 0.3) is 0 Å². The summed E-state index contributed by atoms with van der Waals surface area (Å²) >= 11 is 3.00. The van der Waals surface area contributed by atoms with E-state index in [2.05, 4.69) is 21.2 Å². The van der Waals surface area contributed by atoms with Crippen LogP contribution in [0.2, 0.25) is 0 Å². The molecule has 1 atom stereocenters. The van der Waals surface area contributed by atoms with Crippen LogP contribution in [0.5, 0.6) is 0 Å². The first-order chi connectivity index (χ1) is 7.90. The van der Waals surface area contributed by atoms with Crippen LogP contribution < -0.4 is 5.32 Å². The summed E-state index contributed by atoms with van der Waals surface area (Å²) in [5.41, 5.74) is 0.487. The van der Waals surface area contributed by atoms with Crippen molar-refractivity contribution in [1.82, 2.24) is 5.32 Å². The van der Waals surface area contributed by atoms with Gasteiger partial charge in [0.15, 0.2) is 0 Å². The molecule has 1 aromatic carbocycles. The molecule has 1 aromatic rings. The van der Waals surface area contributed by atoms with E-state index in [1.807, 2.05) is 0 Å². The van der Waals surface area contributed by atoms with E-state index in [0.29, 0.717) is 10.0 Å². The molecule has 0 bridgehead atoms. The van der Waals surface area contributed by atoms with Crippen molar-refractivity contribution >= 4 is 27.8 Å². The summed E-state index contributed by atoms with van der Waals surface area (Å²) in [6.07, 6.45) is -0.0537. The summed E-state index contributed by atoms with van der Waals surface area (Å²) in [4.78, 5) is 21.9. The number of nitrogens with one attached hydrogen (secondary N) is 1. The highest BCUT2D eigenvalue weighted by Crippen LogP contribution is 2.16. The van der Waals surface area contributed by atoms with Crippen molar-refractivity contribution in [3.05, 3.63) is 34.1 Å². The highest BCUT2D eigenvalue weighted by atomic mass is 79.9. The van der Waals surface area contributed by atoms with Gasteiger partial charge in [-0.3, -0.25) is 9.59 Å². The van der Waals surface area contributed by atoms with Crippen molar-refractivity contribution in [2.45, 2.75) is 19.4 Å². The molecule has 0 saturated carbocycles. The maximum Gasteiger partial charge on any atom is 0.325 e. The Morgan fingerprint density at radius 3 is 2.71 bits per heavy atom. The fourth-order valence-electron chi connectivity index (χ4n) is 1.19. The summed E-state index contributed by atoms with van der Waals surface area (Å²) < 4.78 is 13.5. The number of carboxylic acids is 1. The zero-order chi connectivity index (χ0) is 13.0. The van der Waals surface area contributed by atoms with Crippen LogP contribution in [-0.2, 0) is 16.0 Å². The molecule has 1 amide bonds. The summed E-state index contributed by atoms with van der Waals surface area (Å²) in [6.45, 7) is 1.36. The Morgan fingerprint density at radius 2 is 2.18 bits per heavy atom. The zero-order valence-corrected chi connectivity index (χ0v) is 10.6. The minimum atomic E-state index is -1.11. The van der Waals surface area contributed by atoms with E-state index in [-0.39, 0.29) is 6.42 Å². The lowest BCUT2D eigenvalue weighted by atomic mass is 10.1. The molecule has 0 aliphatic rings. The van der Waals surface area contributed by atoms with Gasteiger partial charge in [-0.1, -0.05) is 6.07 Å². The minimum absolute atomic E-state index is 0.0537. The molecule has 2 N–H and O–H groups in total. The van der Waals surface area contributed by atoms with Gasteiger partial charge in [-0.25, -0.2) is 4.39 Å². The second-order valence-corrected chi connectivity index (χ2v) is 4.41. The predicted molar refractivity (Wildman–Crippen MR) is 63.0 cm³/mol. The summed E-state index contributed by atoms with van der Waals surface area (Å²) in [7, 11) is 0. The molecule has 4 nitrogen and oxygen atoms in total. The Hall–Kier alpha value is -1.43. The first-order valence-electron chi connectivity index (χ1n) is 4.86. The number of carboxylic acid groups (broad SMARTS) is 1. The van der Waals surface area contributed by atoms with Crippen LogP contribution >= 0.6 is 15.9 Å². The molecule has 92 valence electrons. The second-order valence-electron chi connectivity index (χ2n) is 3.55. The van der Waals surface area contributed by atoms with E-state index in [9.17, 15) is 14.0 Å². The number of halogens is 2. The van der Waals surface area contributed by atoms with Gasteiger partial charge >= 0.3 is 5.97 Å². The maximum atomic E-state index is 13.1. The number of amides is 1. The quantitative estimate of drug-likeness (QED) is 0.890. The molecule has 0 heterocycles. The van der Waals surface area contributed by atoms with Gasteiger partial charge in [-0.05, 0) is 40.5 Å². The van der Waals surface area contributed by atoms with E-state index < -0.39 is 23.7 Å². The van der Waals surface area contributed by atoms with Gasteiger partial charge in [0.1, 0.15) is 11.9 Å². The van der Waals surface area contributed by atoms with Gasteiger partial charge in [0.05, 0.1) is 10.9 Å². The molecule has 6 heteroatoms. The minimum Gasteiger partial charge on any atom is -0.480 e.